The normalized spacial score (nSPS) is 11.2. The number of aromatic amines is 1. The topological polar surface area (TPSA) is 134 Å². The molecule has 0 aliphatic rings. The van der Waals surface area contributed by atoms with Gasteiger partial charge in [0.25, 0.3) is 11.5 Å². The van der Waals surface area contributed by atoms with Crippen molar-refractivity contribution in [1.82, 2.24) is 29.5 Å². The summed E-state index contributed by atoms with van der Waals surface area (Å²) in [5.41, 5.74) is 6.61. The maximum atomic E-state index is 13.2. The van der Waals surface area contributed by atoms with Crippen molar-refractivity contribution in [2.24, 2.45) is 0 Å². The van der Waals surface area contributed by atoms with E-state index in [4.69, 9.17) is 22.1 Å². The van der Waals surface area contributed by atoms with Crippen LogP contribution in [0, 0.1) is 6.92 Å². The quantitative estimate of drug-likeness (QED) is 0.353. The largest absolute Gasteiger partial charge is 0.495 e. The Balaban J connectivity index is 1.81. The molecule has 3 N–H and O–H groups in total. The highest BCUT2D eigenvalue weighted by atomic mass is 35.5. The summed E-state index contributed by atoms with van der Waals surface area (Å²) in [5.74, 6) is 0.341. The molecule has 0 fully saturated rings. The van der Waals surface area contributed by atoms with Crippen LogP contribution >= 0.6 is 23.4 Å². The maximum Gasteiger partial charge on any atom is 0.270 e. The highest BCUT2D eigenvalue weighted by Gasteiger charge is 2.20. The highest BCUT2D eigenvalue weighted by molar-refractivity contribution is 7.99. The molecule has 0 atom stereocenters. The summed E-state index contributed by atoms with van der Waals surface area (Å²) < 4.78 is 7.97. The van der Waals surface area contributed by atoms with E-state index in [-0.39, 0.29) is 28.2 Å². The van der Waals surface area contributed by atoms with Crippen LogP contribution in [-0.2, 0) is 0 Å². The summed E-state index contributed by atoms with van der Waals surface area (Å²) in [6.45, 7) is 1.73. The number of aromatic nitrogens is 6. The molecule has 3 aromatic heterocycles. The highest BCUT2D eigenvalue weighted by Crippen LogP contribution is 2.29. The zero-order valence-corrected chi connectivity index (χ0v) is 17.5. The molecule has 154 valence electrons. The standard InChI is InChI=1S/C18H16ClN7O3S/c1-9-5-14(20)24-26(9)15(27)8-30-18-22-16-11(7-21-23-16)17(28)25(18)12-6-10(19)3-4-13(12)29-2/h3-7H,8H2,1-2H3,(H2,20,24)(H,21,23). The third-order valence-corrected chi connectivity index (χ3v) is 5.46. The number of carbonyl (C=O) groups excluding carboxylic acids is 1. The van der Waals surface area contributed by atoms with Crippen LogP contribution in [0.5, 0.6) is 5.75 Å². The van der Waals surface area contributed by atoms with Crippen molar-refractivity contribution in [3.05, 3.63) is 51.5 Å². The molecular formula is C18H16ClN7O3S. The molecule has 0 aliphatic carbocycles. The number of H-pyrrole nitrogens is 1. The lowest BCUT2D eigenvalue weighted by molar-refractivity contribution is 0.0924. The second kappa shape index (κ2) is 7.84. The Bertz CT molecular complexity index is 1330. The molecule has 0 saturated carbocycles. The summed E-state index contributed by atoms with van der Waals surface area (Å²) >= 11 is 7.23. The Morgan fingerprint density at radius 2 is 2.17 bits per heavy atom. The van der Waals surface area contributed by atoms with E-state index in [1.54, 1.807) is 31.2 Å². The number of benzene rings is 1. The molecule has 0 bridgehead atoms. The summed E-state index contributed by atoms with van der Waals surface area (Å²) in [5, 5.41) is 11.5. The fraction of sp³-hybridized carbons (Fsp3) is 0.167. The number of nitrogens with two attached hydrogens (primary N) is 1. The molecule has 1 aromatic carbocycles. The first-order valence-electron chi connectivity index (χ1n) is 8.67. The van der Waals surface area contributed by atoms with Gasteiger partial charge in [0.15, 0.2) is 10.8 Å². The lowest BCUT2D eigenvalue weighted by Gasteiger charge is -2.15. The van der Waals surface area contributed by atoms with Gasteiger partial charge in [0, 0.05) is 16.8 Å². The van der Waals surface area contributed by atoms with Crippen molar-refractivity contribution in [3.63, 3.8) is 0 Å². The first-order chi connectivity index (χ1) is 14.4. The van der Waals surface area contributed by atoms with Gasteiger partial charge >= 0.3 is 0 Å². The Morgan fingerprint density at radius 1 is 1.37 bits per heavy atom. The smallest absolute Gasteiger partial charge is 0.270 e. The number of halogens is 1. The SMILES string of the molecule is COc1ccc(Cl)cc1-n1c(SCC(=O)n2nc(N)cc2C)nc2[nH]ncc2c1=O. The van der Waals surface area contributed by atoms with Crippen LogP contribution in [0.1, 0.15) is 10.5 Å². The van der Waals surface area contributed by atoms with Crippen LogP contribution in [0.15, 0.2) is 40.4 Å². The van der Waals surface area contributed by atoms with Gasteiger partial charge < -0.3 is 10.5 Å². The van der Waals surface area contributed by atoms with Gasteiger partial charge in [-0.15, -0.1) is 5.10 Å². The summed E-state index contributed by atoms with van der Waals surface area (Å²) in [6.07, 6.45) is 1.40. The number of ether oxygens (including phenoxy) is 1. The molecule has 3 heterocycles. The number of thioether (sulfide) groups is 1. The van der Waals surface area contributed by atoms with E-state index in [9.17, 15) is 9.59 Å². The lowest BCUT2D eigenvalue weighted by Crippen LogP contribution is -2.23. The van der Waals surface area contributed by atoms with E-state index in [1.807, 2.05) is 0 Å². The molecule has 12 heteroatoms. The van der Waals surface area contributed by atoms with Gasteiger partial charge in [0.1, 0.15) is 17.0 Å². The first kappa shape index (κ1) is 20.0. The second-order valence-corrected chi connectivity index (χ2v) is 7.67. The molecule has 0 amide bonds. The molecule has 4 aromatic rings. The van der Waals surface area contributed by atoms with Crippen LogP contribution in [0.2, 0.25) is 5.02 Å². The average molecular weight is 446 g/mol. The molecule has 0 radical (unpaired) electrons. The van der Waals surface area contributed by atoms with E-state index in [0.29, 0.717) is 33.2 Å². The number of anilines is 1. The van der Waals surface area contributed by atoms with Crippen molar-refractivity contribution in [3.8, 4) is 11.4 Å². The third kappa shape index (κ3) is 3.53. The Labute approximate surface area is 179 Å². The minimum atomic E-state index is -0.372. The summed E-state index contributed by atoms with van der Waals surface area (Å²) in [7, 11) is 1.49. The van der Waals surface area contributed by atoms with E-state index < -0.39 is 0 Å². The average Bonchev–Trinajstić information content (AvgIpc) is 3.32. The van der Waals surface area contributed by atoms with Crippen molar-refractivity contribution < 1.29 is 9.53 Å². The molecule has 30 heavy (non-hydrogen) atoms. The van der Waals surface area contributed by atoms with Crippen LogP contribution in [-0.4, -0.2) is 48.3 Å². The van der Waals surface area contributed by atoms with E-state index in [0.717, 1.165) is 11.8 Å². The number of methoxy groups -OCH3 is 1. The zero-order valence-electron chi connectivity index (χ0n) is 15.9. The molecule has 0 aliphatic heterocycles. The van der Waals surface area contributed by atoms with Crippen molar-refractivity contribution in [2.45, 2.75) is 12.1 Å². The zero-order chi connectivity index (χ0) is 21.4. The monoisotopic (exact) mass is 445 g/mol. The molecule has 0 saturated heterocycles. The van der Waals surface area contributed by atoms with Gasteiger partial charge in [-0.1, -0.05) is 23.4 Å². The van der Waals surface area contributed by atoms with E-state index in [2.05, 4.69) is 20.3 Å². The van der Waals surface area contributed by atoms with E-state index in [1.165, 1.54) is 22.6 Å². The number of carbonyl (C=O) groups is 1. The maximum absolute atomic E-state index is 13.2. The number of fused-ring (bicyclic) bond motifs is 1. The van der Waals surface area contributed by atoms with Crippen LogP contribution < -0.4 is 16.0 Å². The number of nitrogens with one attached hydrogen (secondary N) is 1. The van der Waals surface area contributed by atoms with Gasteiger partial charge in [-0.3, -0.25) is 19.3 Å². The van der Waals surface area contributed by atoms with Gasteiger partial charge in [-0.25, -0.2) is 9.67 Å². The minimum Gasteiger partial charge on any atom is -0.495 e. The fourth-order valence-electron chi connectivity index (χ4n) is 2.96. The van der Waals surface area contributed by atoms with Crippen molar-refractivity contribution >= 4 is 46.1 Å². The molecular weight excluding hydrogens is 430 g/mol. The van der Waals surface area contributed by atoms with Gasteiger partial charge in [0.2, 0.25) is 0 Å². The van der Waals surface area contributed by atoms with Crippen LogP contribution in [0.3, 0.4) is 0 Å². The molecule has 0 unspecified atom stereocenters. The lowest BCUT2D eigenvalue weighted by atomic mass is 10.3. The number of nitrogens with zero attached hydrogens (tertiary/aromatic N) is 5. The van der Waals surface area contributed by atoms with Gasteiger partial charge in [-0.2, -0.15) is 5.10 Å². The number of hydrogen-bond donors (Lipinski definition) is 2. The Kier molecular flexibility index (Phi) is 5.22. The predicted molar refractivity (Wildman–Crippen MR) is 114 cm³/mol. The number of aryl methyl sites for hydroxylation is 1. The minimum absolute atomic E-state index is 0.0308. The number of hydrogen-bond acceptors (Lipinski definition) is 8. The van der Waals surface area contributed by atoms with Crippen LogP contribution in [0.25, 0.3) is 16.7 Å². The predicted octanol–water partition coefficient (Wildman–Crippen LogP) is 2.29. The molecule has 0 spiro atoms. The third-order valence-electron chi connectivity index (χ3n) is 4.30. The Hall–Kier alpha value is -3.31. The second-order valence-electron chi connectivity index (χ2n) is 6.29. The van der Waals surface area contributed by atoms with Crippen molar-refractivity contribution in [1.29, 1.82) is 0 Å². The fourth-order valence-corrected chi connectivity index (χ4v) is 3.97. The Morgan fingerprint density at radius 3 is 2.87 bits per heavy atom. The molecule has 4 rings (SSSR count). The summed E-state index contributed by atoms with van der Waals surface area (Å²) in [6, 6.07) is 6.50. The number of nitrogen functional groups attached to an aromatic ring is 1. The number of rotatable bonds is 5. The van der Waals surface area contributed by atoms with Gasteiger partial charge in [-0.05, 0) is 25.1 Å². The molecule has 10 nitrogen and oxygen atoms in total. The van der Waals surface area contributed by atoms with E-state index >= 15 is 0 Å². The van der Waals surface area contributed by atoms with Crippen LogP contribution in [0.4, 0.5) is 5.82 Å². The van der Waals surface area contributed by atoms with Crippen molar-refractivity contribution in [2.75, 3.05) is 18.6 Å². The first-order valence-corrected chi connectivity index (χ1v) is 10.0. The van der Waals surface area contributed by atoms with Gasteiger partial charge in [0.05, 0.1) is 24.7 Å². The summed E-state index contributed by atoms with van der Waals surface area (Å²) in [4.78, 5) is 30.3.